The molecule has 2 aromatic rings. The Hall–Kier alpha value is -0.800. The average Bonchev–Trinajstić information content (AvgIpc) is 2.50. The van der Waals surface area contributed by atoms with Crippen molar-refractivity contribution in [1.82, 2.24) is 9.55 Å². The Kier molecular flexibility index (Phi) is 2.61. The number of hydrogen-bond acceptors (Lipinski definition) is 1. The van der Waals surface area contributed by atoms with Crippen LogP contribution in [0.4, 0.5) is 0 Å². The molecule has 0 spiro atoms. The van der Waals surface area contributed by atoms with E-state index in [4.69, 9.17) is 11.6 Å². The molecular weight excluding hydrogens is 263 g/mol. The van der Waals surface area contributed by atoms with Gasteiger partial charge in [0.05, 0.1) is 6.20 Å². The number of halogens is 2. The van der Waals surface area contributed by atoms with E-state index in [9.17, 15) is 0 Å². The Labute approximate surface area is 95.7 Å². The highest BCUT2D eigenvalue weighted by Gasteiger charge is 2.06. The van der Waals surface area contributed by atoms with Crippen molar-refractivity contribution in [3.8, 4) is 11.4 Å². The minimum Gasteiger partial charge on any atom is -0.318 e. The molecule has 0 N–H and O–H groups in total. The second-order valence-electron chi connectivity index (χ2n) is 2.97. The van der Waals surface area contributed by atoms with Gasteiger partial charge in [-0.3, -0.25) is 0 Å². The molecule has 0 saturated heterocycles. The lowest BCUT2D eigenvalue weighted by Crippen LogP contribution is -1.92. The highest BCUT2D eigenvalue weighted by atomic mass is 79.9. The van der Waals surface area contributed by atoms with Crippen molar-refractivity contribution in [3.63, 3.8) is 0 Å². The van der Waals surface area contributed by atoms with Crippen LogP contribution in [0.3, 0.4) is 0 Å². The van der Waals surface area contributed by atoms with E-state index in [1.54, 1.807) is 6.20 Å². The molecule has 0 unspecified atom stereocenters. The summed E-state index contributed by atoms with van der Waals surface area (Å²) >= 11 is 9.29. The van der Waals surface area contributed by atoms with Gasteiger partial charge in [-0.15, -0.1) is 0 Å². The normalized spacial score (nSPS) is 10.5. The van der Waals surface area contributed by atoms with Gasteiger partial charge in [0.25, 0.3) is 0 Å². The van der Waals surface area contributed by atoms with Crippen LogP contribution in [-0.4, -0.2) is 9.55 Å². The number of hydrogen-bond donors (Lipinski definition) is 0. The average molecular weight is 272 g/mol. The predicted molar refractivity (Wildman–Crippen MR) is 61.4 cm³/mol. The summed E-state index contributed by atoms with van der Waals surface area (Å²) in [6.45, 7) is 0. The minimum absolute atomic E-state index is 0.642. The molecule has 2 rings (SSSR count). The maximum atomic E-state index is 5.90. The van der Waals surface area contributed by atoms with Crippen molar-refractivity contribution in [2.24, 2.45) is 7.05 Å². The van der Waals surface area contributed by atoms with E-state index in [-0.39, 0.29) is 0 Å². The van der Waals surface area contributed by atoms with Crippen LogP contribution in [0.25, 0.3) is 11.4 Å². The third-order valence-corrected chi connectivity index (χ3v) is 2.91. The van der Waals surface area contributed by atoms with Crippen molar-refractivity contribution in [2.45, 2.75) is 0 Å². The molecule has 0 bridgehead atoms. The van der Waals surface area contributed by atoms with Crippen molar-refractivity contribution >= 4 is 27.5 Å². The first kappa shape index (κ1) is 9.74. The number of nitrogens with zero attached hydrogens (tertiary/aromatic N) is 2. The van der Waals surface area contributed by atoms with Crippen LogP contribution < -0.4 is 0 Å². The second kappa shape index (κ2) is 3.75. The van der Waals surface area contributed by atoms with Gasteiger partial charge in [-0.1, -0.05) is 39.7 Å². The lowest BCUT2D eigenvalue weighted by Gasteiger charge is -2.02. The number of rotatable bonds is 1. The van der Waals surface area contributed by atoms with E-state index in [2.05, 4.69) is 20.9 Å². The Morgan fingerprint density at radius 1 is 1.29 bits per heavy atom. The van der Waals surface area contributed by atoms with Crippen LogP contribution in [0.15, 0.2) is 34.9 Å². The molecule has 4 heteroatoms. The first-order valence-electron chi connectivity index (χ1n) is 4.11. The van der Waals surface area contributed by atoms with Crippen molar-refractivity contribution < 1.29 is 0 Å². The van der Waals surface area contributed by atoms with Gasteiger partial charge >= 0.3 is 0 Å². The van der Waals surface area contributed by atoms with Gasteiger partial charge < -0.3 is 4.57 Å². The van der Waals surface area contributed by atoms with Gasteiger partial charge in [-0.2, -0.15) is 0 Å². The summed E-state index contributed by atoms with van der Waals surface area (Å²) < 4.78 is 2.91. The summed E-state index contributed by atoms with van der Waals surface area (Å²) in [5, 5.41) is 0.642. The smallest absolute Gasteiger partial charge is 0.140 e. The molecular formula is C10H8BrClN2. The van der Waals surface area contributed by atoms with E-state index in [1.807, 2.05) is 35.9 Å². The van der Waals surface area contributed by atoms with Crippen molar-refractivity contribution in [3.05, 3.63) is 40.1 Å². The summed E-state index contributed by atoms with van der Waals surface area (Å²) in [4.78, 5) is 4.23. The summed E-state index contributed by atoms with van der Waals surface area (Å²) in [5.41, 5.74) is 1.06. The quantitative estimate of drug-likeness (QED) is 0.776. The first-order valence-corrected chi connectivity index (χ1v) is 5.29. The predicted octanol–water partition coefficient (Wildman–Crippen LogP) is 3.50. The fourth-order valence-corrected chi connectivity index (χ4v) is 1.65. The maximum Gasteiger partial charge on any atom is 0.140 e. The number of imidazole rings is 1. The molecule has 0 aliphatic carbocycles. The third kappa shape index (κ3) is 1.70. The summed E-state index contributed by atoms with van der Waals surface area (Å²) in [7, 11) is 1.90. The molecule has 1 heterocycles. The summed E-state index contributed by atoms with van der Waals surface area (Å²) in [6.07, 6.45) is 1.65. The van der Waals surface area contributed by atoms with Crippen molar-refractivity contribution in [1.29, 1.82) is 0 Å². The Morgan fingerprint density at radius 2 is 1.93 bits per heavy atom. The zero-order valence-electron chi connectivity index (χ0n) is 7.54. The van der Waals surface area contributed by atoms with E-state index in [0.717, 1.165) is 15.9 Å². The molecule has 0 atom stereocenters. The molecule has 14 heavy (non-hydrogen) atoms. The van der Waals surface area contributed by atoms with Crippen LogP contribution in [0.5, 0.6) is 0 Å². The lowest BCUT2D eigenvalue weighted by atomic mass is 10.2. The first-order chi connectivity index (χ1) is 6.68. The van der Waals surface area contributed by atoms with Gasteiger partial charge in [0, 0.05) is 17.1 Å². The molecule has 0 amide bonds. The fraction of sp³-hybridized carbons (Fsp3) is 0.100. The van der Waals surface area contributed by atoms with Crippen molar-refractivity contribution in [2.75, 3.05) is 0 Å². The van der Waals surface area contributed by atoms with Gasteiger partial charge in [-0.05, 0) is 12.1 Å². The zero-order chi connectivity index (χ0) is 10.1. The SMILES string of the molecule is Cn1c(Cl)cnc1-c1ccc(Br)cc1. The van der Waals surface area contributed by atoms with E-state index in [0.29, 0.717) is 5.15 Å². The molecule has 1 aromatic carbocycles. The molecule has 72 valence electrons. The molecule has 0 fully saturated rings. The lowest BCUT2D eigenvalue weighted by molar-refractivity contribution is 0.925. The highest BCUT2D eigenvalue weighted by Crippen LogP contribution is 2.22. The topological polar surface area (TPSA) is 17.8 Å². The van der Waals surface area contributed by atoms with Crippen LogP contribution in [0.2, 0.25) is 5.15 Å². The van der Waals surface area contributed by atoms with Gasteiger partial charge in [0.2, 0.25) is 0 Å². The highest BCUT2D eigenvalue weighted by molar-refractivity contribution is 9.10. The second-order valence-corrected chi connectivity index (χ2v) is 4.27. The van der Waals surface area contributed by atoms with E-state index >= 15 is 0 Å². The van der Waals surface area contributed by atoms with Crippen LogP contribution in [0.1, 0.15) is 0 Å². The summed E-state index contributed by atoms with van der Waals surface area (Å²) in [5.74, 6) is 0.877. The van der Waals surface area contributed by atoms with Crippen LogP contribution in [-0.2, 0) is 7.05 Å². The van der Waals surface area contributed by atoms with Gasteiger partial charge in [-0.25, -0.2) is 4.98 Å². The fourth-order valence-electron chi connectivity index (χ4n) is 1.26. The van der Waals surface area contributed by atoms with Crippen LogP contribution >= 0.6 is 27.5 Å². The Bertz CT molecular complexity index is 448. The number of benzene rings is 1. The Morgan fingerprint density at radius 3 is 2.43 bits per heavy atom. The van der Waals surface area contributed by atoms with Crippen LogP contribution in [0, 0.1) is 0 Å². The molecule has 0 radical (unpaired) electrons. The molecule has 2 nitrogen and oxygen atoms in total. The zero-order valence-corrected chi connectivity index (χ0v) is 9.88. The molecule has 0 aliphatic rings. The van der Waals surface area contributed by atoms with Gasteiger partial charge in [0.1, 0.15) is 11.0 Å². The Balaban J connectivity index is 2.49. The van der Waals surface area contributed by atoms with E-state index < -0.39 is 0 Å². The molecule has 0 saturated carbocycles. The van der Waals surface area contributed by atoms with Gasteiger partial charge in [0.15, 0.2) is 0 Å². The maximum absolute atomic E-state index is 5.90. The monoisotopic (exact) mass is 270 g/mol. The molecule has 1 aromatic heterocycles. The summed E-state index contributed by atoms with van der Waals surface area (Å²) in [6, 6.07) is 7.97. The largest absolute Gasteiger partial charge is 0.318 e. The molecule has 0 aliphatic heterocycles. The third-order valence-electron chi connectivity index (χ3n) is 2.03. The number of aromatic nitrogens is 2. The standard InChI is InChI=1S/C10H8BrClN2/c1-14-9(12)6-13-10(14)7-2-4-8(11)5-3-7/h2-6H,1H3. The van der Waals surface area contributed by atoms with E-state index in [1.165, 1.54) is 0 Å². The minimum atomic E-state index is 0.642.